The Balaban J connectivity index is 1.95. The van der Waals surface area contributed by atoms with Gasteiger partial charge in [-0.05, 0) is 56.5 Å². The molecule has 0 bridgehead atoms. The summed E-state index contributed by atoms with van der Waals surface area (Å²) in [7, 11) is 0. The highest BCUT2D eigenvalue weighted by molar-refractivity contribution is 5.39. The van der Waals surface area contributed by atoms with E-state index in [1.54, 1.807) is 0 Å². The number of hydrogen-bond donors (Lipinski definition) is 1. The molecule has 1 fully saturated rings. The third-order valence-electron chi connectivity index (χ3n) is 3.46. The lowest BCUT2D eigenvalue weighted by Crippen LogP contribution is -2.31. The van der Waals surface area contributed by atoms with Gasteiger partial charge in [-0.1, -0.05) is 19.1 Å². The number of rotatable bonds is 4. The first kappa shape index (κ1) is 11.5. The lowest BCUT2D eigenvalue weighted by atomic mass is 10.0. The van der Waals surface area contributed by atoms with E-state index < -0.39 is 0 Å². The van der Waals surface area contributed by atoms with Crippen molar-refractivity contribution >= 4 is 5.69 Å². The van der Waals surface area contributed by atoms with E-state index in [2.05, 4.69) is 24.0 Å². The van der Waals surface area contributed by atoms with Gasteiger partial charge in [-0.15, -0.1) is 0 Å². The van der Waals surface area contributed by atoms with E-state index in [-0.39, 0.29) is 0 Å². The summed E-state index contributed by atoms with van der Waals surface area (Å²) in [6, 6.07) is 9.10. The van der Waals surface area contributed by atoms with E-state index in [0.717, 1.165) is 11.7 Å². The molecule has 0 spiro atoms. The molecule has 1 aromatic rings. The molecule has 2 heteroatoms. The average molecular weight is 218 g/mol. The number of nitrogens with zero attached hydrogens (tertiary/aromatic N) is 1. The first-order valence-electron chi connectivity index (χ1n) is 6.38. The van der Waals surface area contributed by atoms with Crippen molar-refractivity contribution in [1.82, 2.24) is 4.90 Å². The molecule has 1 aromatic carbocycles. The van der Waals surface area contributed by atoms with Crippen molar-refractivity contribution < 1.29 is 0 Å². The lowest BCUT2D eigenvalue weighted by molar-refractivity contribution is 0.253. The van der Waals surface area contributed by atoms with Gasteiger partial charge in [-0.25, -0.2) is 0 Å². The number of nitrogen functional groups attached to an aromatic ring is 1. The van der Waals surface area contributed by atoms with Crippen LogP contribution >= 0.6 is 0 Å². The molecule has 16 heavy (non-hydrogen) atoms. The smallest absolute Gasteiger partial charge is 0.0314 e. The van der Waals surface area contributed by atoms with Gasteiger partial charge in [0, 0.05) is 11.7 Å². The predicted molar refractivity (Wildman–Crippen MR) is 69.4 cm³/mol. The van der Waals surface area contributed by atoms with E-state index in [9.17, 15) is 0 Å². The summed E-state index contributed by atoms with van der Waals surface area (Å²) >= 11 is 0. The van der Waals surface area contributed by atoms with Crippen molar-refractivity contribution in [2.24, 2.45) is 0 Å². The van der Waals surface area contributed by atoms with E-state index in [1.165, 1.54) is 44.3 Å². The minimum Gasteiger partial charge on any atom is -0.399 e. The lowest BCUT2D eigenvalue weighted by Gasteiger charge is -2.23. The van der Waals surface area contributed by atoms with Crippen molar-refractivity contribution in [3.63, 3.8) is 0 Å². The Bertz CT molecular complexity index is 318. The summed E-state index contributed by atoms with van der Waals surface area (Å²) < 4.78 is 0. The highest BCUT2D eigenvalue weighted by atomic mass is 15.2. The highest BCUT2D eigenvalue weighted by Gasteiger charge is 2.23. The molecule has 0 aliphatic carbocycles. The molecular weight excluding hydrogens is 196 g/mol. The van der Waals surface area contributed by atoms with Crippen molar-refractivity contribution in [3.05, 3.63) is 29.8 Å². The Labute approximate surface area is 98.4 Å². The molecule has 0 saturated carbocycles. The molecule has 1 atom stereocenters. The maximum absolute atomic E-state index is 5.70. The first-order chi connectivity index (χ1) is 7.79. The summed E-state index contributed by atoms with van der Waals surface area (Å²) in [5.41, 5.74) is 7.98. The Morgan fingerprint density at radius 3 is 2.75 bits per heavy atom. The maximum atomic E-state index is 5.70. The fraction of sp³-hybridized carbons (Fsp3) is 0.571. The molecule has 1 aliphatic rings. The molecule has 0 radical (unpaired) electrons. The standard InChI is InChI=1S/C14H22N2/c1-2-9-16-10-3-4-14(16)11-12-5-7-13(15)8-6-12/h5-8,14H,2-4,9-11,15H2,1H3. The van der Waals surface area contributed by atoms with Crippen LogP contribution in [0.5, 0.6) is 0 Å². The Kier molecular flexibility index (Phi) is 3.83. The second-order valence-corrected chi connectivity index (χ2v) is 4.78. The number of nitrogens with two attached hydrogens (primary N) is 1. The van der Waals surface area contributed by atoms with Crippen LogP contribution in [0.2, 0.25) is 0 Å². The van der Waals surface area contributed by atoms with Gasteiger partial charge in [0.15, 0.2) is 0 Å². The Morgan fingerprint density at radius 2 is 2.06 bits per heavy atom. The number of benzene rings is 1. The number of hydrogen-bond acceptors (Lipinski definition) is 2. The molecule has 1 aliphatic heterocycles. The van der Waals surface area contributed by atoms with Crippen LogP contribution in [-0.2, 0) is 6.42 Å². The van der Waals surface area contributed by atoms with Gasteiger partial charge in [0.25, 0.3) is 0 Å². The quantitative estimate of drug-likeness (QED) is 0.787. The van der Waals surface area contributed by atoms with E-state index in [1.807, 2.05) is 12.1 Å². The second kappa shape index (κ2) is 5.35. The SMILES string of the molecule is CCCN1CCCC1Cc1ccc(N)cc1. The van der Waals surface area contributed by atoms with Crippen LogP contribution in [0.3, 0.4) is 0 Å². The van der Waals surface area contributed by atoms with Crippen LogP contribution in [0.15, 0.2) is 24.3 Å². The molecule has 1 saturated heterocycles. The largest absolute Gasteiger partial charge is 0.399 e. The highest BCUT2D eigenvalue weighted by Crippen LogP contribution is 2.21. The third kappa shape index (κ3) is 2.76. The van der Waals surface area contributed by atoms with Crippen LogP contribution in [0.25, 0.3) is 0 Å². The van der Waals surface area contributed by atoms with Crippen molar-refractivity contribution in [2.75, 3.05) is 18.8 Å². The zero-order chi connectivity index (χ0) is 11.4. The maximum Gasteiger partial charge on any atom is 0.0314 e. The average Bonchev–Trinajstić information content (AvgIpc) is 2.70. The molecule has 1 unspecified atom stereocenters. The molecular formula is C14H22N2. The van der Waals surface area contributed by atoms with Crippen LogP contribution in [0.1, 0.15) is 31.7 Å². The van der Waals surface area contributed by atoms with Crippen LogP contribution in [-0.4, -0.2) is 24.0 Å². The summed E-state index contributed by atoms with van der Waals surface area (Å²) in [5, 5.41) is 0. The summed E-state index contributed by atoms with van der Waals surface area (Å²) in [5.74, 6) is 0. The summed E-state index contributed by atoms with van der Waals surface area (Å²) in [6.07, 6.45) is 5.16. The van der Waals surface area contributed by atoms with Gasteiger partial charge in [0.1, 0.15) is 0 Å². The zero-order valence-electron chi connectivity index (χ0n) is 10.2. The normalized spacial score (nSPS) is 21.4. The predicted octanol–water partition coefficient (Wildman–Crippen LogP) is 2.69. The molecule has 2 N–H and O–H groups in total. The molecule has 0 aromatic heterocycles. The van der Waals surface area contributed by atoms with E-state index in [4.69, 9.17) is 5.73 Å². The molecule has 88 valence electrons. The Morgan fingerprint density at radius 1 is 1.31 bits per heavy atom. The summed E-state index contributed by atoms with van der Waals surface area (Å²) in [4.78, 5) is 2.64. The second-order valence-electron chi connectivity index (χ2n) is 4.78. The Hall–Kier alpha value is -1.02. The fourth-order valence-corrected chi connectivity index (χ4v) is 2.63. The van der Waals surface area contributed by atoms with Crippen LogP contribution < -0.4 is 5.73 Å². The minimum absolute atomic E-state index is 0.753. The first-order valence-corrected chi connectivity index (χ1v) is 6.38. The van der Waals surface area contributed by atoms with Gasteiger partial charge in [-0.3, -0.25) is 0 Å². The third-order valence-corrected chi connectivity index (χ3v) is 3.46. The van der Waals surface area contributed by atoms with E-state index >= 15 is 0 Å². The summed E-state index contributed by atoms with van der Waals surface area (Å²) in [6.45, 7) is 4.80. The van der Waals surface area contributed by atoms with Gasteiger partial charge in [0.2, 0.25) is 0 Å². The van der Waals surface area contributed by atoms with E-state index in [0.29, 0.717) is 0 Å². The van der Waals surface area contributed by atoms with Gasteiger partial charge in [0.05, 0.1) is 0 Å². The van der Waals surface area contributed by atoms with Crippen molar-refractivity contribution in [3.8, 4) is 0 Å². The van der Waals surface area contributed by atoms with Crippen LogP contribution in [0, 0.1) is 0 Å². The minimum atomic E-state index is 0.753. The molecule has 2 rings (SSSR count). The number of likely N-dealkylation sites (tertiary alicyclic amines) is 1. The van der Waals surface area contributed by atoms with Gasteiger partial charge >= 0.3 is 0 Å². The van der Waals surface area contributed by atoms with Gasteiger partial charge < -0.3 is 10.6 Å². The molecule has 0 amide bonds. The molecule has 1 heterocycles. The van der Waals surface area contributed by atoms with Crippen molar-refractivity contribution in [1.29, 1.82) is 0 Å². The van der Waals surface area contributed by atoms with Crippen LogP contribution in [0.4, 0.5) is 5.69 Å². The topological polar surface area (TPSA) is 29.3 Å². The number of anilines is 1. The zero-order valence-corrected chi connectivity index (χ0v) is 10.2. The molecule has 2 nitrogen and oxygen atoms in total. The fourth-order valence-electron chi connectivity index (χ4n) is 2.63. The monoisotopic (exact) mass is 218 g/mol. The van der Waals surface area contributed by atoms with Crippen molar-refractivity contribution in [2.45, 2.75) is 38.6 Å². The van der Waals surface area contributed by atoms with Gasteiger partial charge in [-0.2, -0.15) is 0 Å².